The molecule has 0 aromatic heterocycles. The highest BCUT2D eigenvalue weighted by Crippen LogP contribution is 2.35. The highest BCUT2D eigenvalue weighted by Gasteiger charge is 2.34. The Kier molecular flexibility index (Phi) is 9.29. The fourth-order valence-corrected chi connectivity index (χ4v) is 3.24. The molecule has 0 aliphatic heterocycles. The first-order chi connectivity index (χ1) is 15.3. The summed E-state index contributed by atoms with van der Waals surface area (Å²) in [6, 6.07) is 11.4. The molecule has 0 saturated heterocycles. The molecule has 2 rings (SSSR count). The van der Waals surface area contributed by atoms with E-state index in [4.69, 9.17) is 0 Å². The Bertz CT molecular complexity index is 980. The molecule has 2 amide bonds. The molecular formula is C24H26F3N3O2. The zero-order valence-electron chi connectivity index (χ0n) is 18.1. The number of carbonyl (C=O) groups excluding carboxylic acids is 2. The monoisotopic (exact) mass is 445 g/mol. The van der Waals surface area contributed by atoms with Crippen LogP contribution in [0.5, 0.6) is 0 Å². The van der Waals surface area contributed by atoms with Crippen LogP contribution in [0.4, 0.5) is 18.9 Å². The number of halogens is 3. The van der Waals surface area contributed by atoms with Gasteiger partial charge in [0.2, 0.25) is 6.41 Å². The standard InChI is InChI=1S/C24H26F3N3O2/c1-3-8-23(32)29-12-7-11-28-15-19-13-18(2)21(22(14-19)24(25,26)27)16-30(17-31)20-9-5-4-6-10-20/h4-6,9-10,13-14,17,28H,7,11-12,15-16H2,1-2H3,(H,29,32). The van der Waals surface area contributed by atoms with E-state index in [1.54, 1.807) is 50.2 Å². The molecule has 0 bridgehead atoms. The number of hydrogen-bond donors (Lipinski definition) is 2. The van der Waals surface area contributed by atoms with E-state index in [0.29, 0.717) is 42.7 Å². The summed E-state index contributed by atoms with van der Waals surface area (Å²) >= 11 is 0. The molecule has 0 saturated carbocycles. The minimum atomic E-state index is -4.55. The molecule has 0 aliphatic carbocycles. The molecule has 0 unspecified atom stereocenters. The fraction of sp³-hybridized carbons (Fsp3) is 0.333. The van der Waals surface area contributed by atoms with E-state index >= 15 is 0 Å². The summed E-state index contributed by atoms with van der Waals surface area (Å²) < 4.78 is 41.4. The van der Waals surface area contributed by atoms with Gasteiger partial charge < -0.3 is 15.5 Å². The number of amides is 2. The smallest absolute Gasteiger partial charge is 0.345 e. The lowest BCUT2D eigenvalue weighted by Crippen LogP contribution is -2.26. The molecule has 0 radical (unpaired) electrons. The Hall–Kier alpha value is -3.31. The number of nitrogens with zero attached hydrogens (tertiary/aromatic N) is 1. The predicted molar refractivity (Wildman–Crippen MR) is 118 cm³/mol. The molecule has 5 nitrogen and oxygen atoms in total. The van der Waals surface area contributed by atoms with E-state index in [1.807, 2.05) is 0 Å². The van der Waals surface area contributed by atoms with Crippen LogP contribution in [-0.2, 0) is 28.9 Å². The maximum Gasteiger partial charge on any atom is 0.416 e. The van der Waals surface area contributed by atoms with E-state index in [-0.39, 0.29) is 24.6 Å². The second-order valence-electron chi connectivity index (χ2n) is 7.17. The maximum absolute atomic E-state index is 13.8. The first-order valence-corrected chi connectivity index (χ1v) is 10.1. The van der Waals surface area contributed by atoms with Gasteiger partial charge in [-0.1, -0.05) is 30.2 Å². The number of para-hydroxylation sites is 1. The molecule has 2 aromatic rings. The average molecular weight is 445 g/mol. The second kappa shape index (κ2) is 11.9. The number of nitrogens with one attached hydrogen (secondary N) is 2. The topological polar surface area (TPSA) is 61.4 Å². The number of carbonyl (C=O) groups is 2. The van der Waals surface area contributed by atoms with Gasteiger partial charge in [-0.15, -0.1) is 0 Å². The van der Waals surface area contributed by atoms with E-state index in [2.05, 4.69) is 22.5 Å². The van der Waals surface area contributed by atoms with Gasteiger partial charge in [-0.05, 0) is 67.6 Å². The van der Waals surface area contributed by atoms with E-state index in [9.17, 15) is 22.8 Å². The van der Waals surface area contributed by atoms with Crippen molar-refractivity contribution < 1.29 is 22.8 Å². The van der Waals surface area contributed by atoms with Crippen molar-refractivity contribution in [1.29, 1.82) is 0 Å². The minimum absolute atomic E-state index is 0.0666. The molecule has 170 valence electrons. The van der Waals surface area contributed by atoms with Gasteiger partial charge in [0.05, 0.1) is 12.1 Å². The first-order valence-electron chi connectivity index (χ1n) is 10.1. The molecule has 0 fully saturated rings. The largest absolute Gasteiger partial charge is 0.416 e. The van der Waals surface area contributed by atoms with Crippen LogP contribution < -0.4 is 15.5 Å². The van der Waals surface area contributed by atoms with Crippen LogP contribution in [0.3, 0.4) is 0 Å². The SMILES string of the molecule is CC#CC(=O)NCCCNCc1cc(C)c(CN(C=O)c2ccccc2)c(C(F)(F)F)c1. The van der Waals surface area contributed by atoms with Gasteiger partial charge >= 0.3 is 6.18 Å². The van der Waals surface area contributed by atoms with E-state index < -0.39 is 11.7 Å². The Labute approximate surface area is 186 Å². The highest BCUT2D eigenvalue weighted by molar-refractivity contribution is 5.93. The summed E-state index contributed by atoms with van der Waals surface area (Å²) in [4.78, 5) is 24.1. The van der Waals surface area contributed by atoms with Crippen LogP contribution in [0.2, 0.25) is 0 Å². The van der Waals surface area contributed by atoms with Crippen molar-refractivity contribution in [1.82, 2.24) is 10.6 Å². The maximum atomic E-state index is 13.8. The van der Waals surface area contributed by atoms with Crippen molar-refractivity contribution in [3.8, 4) is 11.8 Å². The molecule has 0 heterocycles. The zero-order valence-corrected chi connectivity index (χ0v) is 18.1. The van der Waals surface area contributed by atoms with E-state index in [1.165, 1.54) is 4.90 Å². The minimum Gasteiger partial charge on any atom is -0.345 e. The molecule has 0 spiro atoms. The predicted octanol–water partition coefficient (Wildman–Crippen LogP) is 3.80. The first kappa shape index (κ1) is 25.0. The summed E-state index contributed by atoms with van der Waals surface area (Å²) in [6.45, 7) is 4.21. The van der Waals surface area contributed by atoms with Gasteiger partial charge in [0, 0.05) is 18.8 Å². The summed E-state index contributed by atoms with van der Waals surface area (Å²) in [5, 5.41) is 5.72. The third-order valence-corrected chi connectivity index (χ3v) is 4.77. The lowest BCUT2D eigenvalue weighted by Gasteiger charge is -2.23. The molecule has 0 atom stereocenters. The summed E-state index contributed by atoms with van der Waals surface area (Å²) in [6.07, 6.45) is -3.40. The number of benzene rings is 2. The number of alkyl halides is 3. The van der Waals surface area contributed by atoms with Crippen LogP contribution in [-0.4, -0.2) is 25.4 Å². The Morgan fingerprint density at radius 1 is 1.16 bits per heavy atom. The van der Waals surface area contributed by atoms with Gasteiger partial charge in [-0.3, -0.25) is 9.59 Å². The zero-order chi connectivity index (χ0) is 23.6. The lowest BCUT2D eigenvalue weighted by atomic mass is 9.97. The summed E-state index contributed by atoms with van der Waals surface area (Å²) in [5.74, 6) is 4.52. The third kappa shape index (κ3) is 7.43. The Morgan fingerprint density at radius 2 is 1.88 bits per heavy atom. The van der Waals surface area contributed by atoms with Crippen LogP contribution in [0.25, 0.3) is 0 Å². The highest BCUT2D eigenvalue weighted by atomic mass is 19.4. The Balaban J connectivity index is 2.09. The molecular weight excluding hydrogens is 419 g/mol. The number of anilines is 1. The molecule has 8 heteroatoms. The van der Waals surface area contributed by atoms with Crippen molar-refractivity contribution in [3.05, 3.63) is 64.7 Å². The van der Waals surface area contributed by atoms with Crippen molar-refractivity contribution in [2.45, 2.75) is 39.5 Å². The van der Waals surface area contributed by atoms with E-state index in [0.717, 1.165) is 6.07 Å². The van der Waals surface area contributed by atoms with Crippen LogP contribution in [0.1, 0.15) is 35.6 Å². The molecule has 0 aliphatic rings. The van der Waals surface area contributed by atoms with Crippen LogP contribution in [0.15, 0.2) is 42.5 Å². The number of hydrogen-bond acceptors (Lipinski definition) is 3. The van der Waals surface area contributed by atoms with Crippen molar-refractivity contribution >= 4 is 18.0 Å². The Morgan fingerprint density at radius 3 is 2.50 bits per heavy atom. The van der Waals surface area contributed by atoms with Crippen molar-refractivity contribution in [2.75, 3.05) is 18.0 Å². The van der Waals surface area contributed by atoms with Crippen molar-refractivity contribution in [2.24, 2.45) is 0 Å². The molecule has 32 heavy (non-hydrogen) atoms. The number of aryl methyl sites for hydroxylation is 1. The molecule has 2 aromatic carbocycles. The van der Waals surface area contributed by atoms with Gasteiger partial charge in [-0.2, -0.15) is 13.2 Å². The summed E-state index contributed by atoms with van der Waals surface area (Å²) in [5.41, 5.74) is 0.804. The molecule has 2 N–H and O–H groups in total. The van der Waals surface area contributed by atoms with Gasteiger partial charge in [0.25, 0.3) is 5.91 Å². The van der Waals surface area contributed by atoms with Gasteiger partial charge in [0.1, 0.15) is 0 Å². The van der Waals surface area contributed by atoms with Crippen molar-refractivity contribution in [3.63, 3.8) is 0 Å². The van der Waals surface area contributed by atoms with Gasteiger partial charge in [-0.25, -0.2) is 0 Å². The van der Waals surface area contributed by atoms with Crippen LogP contribution >= 0.6 is 0 Å². The quantitative estimate of drug-likeness (QED) is 0.332. The third-order valence-electron chi connectivity index (χ3n) is 4.77. The normalized spacial score (nSPS) is 10.8. The fourth-order valence-electron chi connectivity index (χ4n) is 3.24. The lowest BCUT2D eigenvalue weighted by molar-refractivity contribution is -0.138. The van der Waals surface area contributed by atoms with Crippen LogP contribution in [0, 0.1) is 18.8 Å². The number of rotatable bonds is 10. The van der Waals surface area contributed by atoms with Gasteiger partial charge in [0.15, 0.2) is 0 Å². The second-order valence-corrected chi connectivity index (χ2v) is 7.17. The average Bonchev–Trinajstić information content (AvgIpc) is 2.75. The summed E-state index contributed by atoms with van der Waals surface area (Å²) in [7, 11) is 0.